The van der Waals surface area contributed by atoms with Crippen LogP contribution in [0, 0.1) is 0 Å². The molecule has 0 spiro atoms. The lowest BCUT2D eigenvalue weighted by atomic mass is 10.1. The van der Waals surface area contributed by atoms with Crippen molar-refractivity contribution < 1.29 is 9.90 Å². The average Bonchev–Trinajstić information content (AvgIpc) is 2.47. The van der Waals surface area contributed by atoms with Gasteiger partial charge in [0.15, 0.2) is 0 Å². The molecule has 1 fully saturated rings. The first-order valence-electron chi connectivity index (χ1n) is 7.43. The maximum atomic E-state index is 10.7. The molecule has 1 heterocycles. The highest BCUT2D eigenvalue weighted by Crippen LogP contribution is 2.23. The Balaban J connectivity index is 1.92. The second-order valence-electron chi connectivity index (χ2n) is 5.87. The van der Waals surface area contributed by atoms with Crippen molar-refractivity contribution in [1.29, 1.82) is 0 Å². The maximum Gasteiger partial charge on any atom is 0.317 e. The van der Waals surface area contributed by atoms with Gasteiger partial charge in [-0.15, -0.1) is 0 Å². The molecule has 0 saturated carbocycles. The molecule has 5 nitrogen and oxygen atoms in total. The summed E-state index contributed by atoms with van der Waals surface area (Å²) in [7, 11) is 4.08. The van der Waals surface area contributed by atoms with Crippen LogP contribution >= 0.6 is 0 Å². The van der Waals surface area contributed by atoms with Gasteiger partial charge in [-0.1, -0.05) is 12.1 Å². The molecule has 1 aromatic rings. The highest BCUT2D eigenvalue weighted by Gasteiger charge is 2.22. The highest BCUT2D eigenvalue weighted by atomic mass is 16.4. The molecule has 2 rings (SSSR count). The molecule has 0 amide bonds. The molecule has 1 aliphatic heterocycles. The molecule has 1 atom stereocenters. The fourth-order valence-corrected chi connectivity index (χ4v) is 2.76. The molecule has 116 valence electrons. The predicted molar refractivity (Wildman–Crippen MR) is 84.8 cm³/mol. The predicted octanol–water partition coefficient (Wildman–Crippen LogP) is 1.52. The minimum absolute atomic E-state index is 0.153. The number of nitrogens with zero attached hydrogens (tertiary/aromatic N) is 3. The summed E-state index contributed by atoms with van der Waals surface area (Å²) in [6, 6.07) is 9.03. The Hall–Kier alpha value is -1.59. The molecule has 21 heavy (non-hydrogen) atoms. The minimum atomic E-state index is -0.740. The van der Waals surface area contributed by atoms with Crippen LogP contribution < -0.4 is 4.90 Å². The average molecular weight is 291 g/mol. The van der Waals surface area contributed by atoms with Gasteiger partial charge in [0.25, 0.3) is 0 Å². The first-order valence-corrected chi connectivity index (χ1v) is 7.43. The molecule has 1 aromatic carbocycles. The Morgan fingerprint density at radius 3 is 2.24 bits per heavy atom. The molecule has 1 aliphatic rings. The van der Waals surface area contributed by atoms with Gasteiger partial charge >= 0.3 is 5.97 Å². The molecular formula is C16H25N3O2. The van der Waals surface area contributed by atoms with Gasteiger partial charge in [-0.3, -0.25) is 14.6 Å². The Morgan fingerprint density at radius 1 is 1.19 bits per heavy atom. The lowest BCUT2D eigenvalue weighted by Gasteiger charge is -2.37. The van der Waals surface area contributed by atoms with E-state index in [9.17, 15) is 4.79 Å². The lowest BCUT2D eigenvalue weighted by molar-refractivity contribution is -0.138. The van der Waals surface area contributed by atoms with Gasteiger partial charge in [-0.25, -0.2) is 0 Å². The zero-order valence-electron chi connectivity index (χ0n) is 13.1. The van der Waals surface area contributed by atoms with E-state index in [0.717, 1.165) is 26.2 Å². The van der Waals surface area contributed by atoms with Crippen molar-refractivity contribution in [1.82, 2.24) is 9.80 Å². The van der Waals surface area contributed by atoms with Gasteiger partial charge in [-0.2, -0.15) is 0 Å². The van der Waals surface area contributed by atoms with Crippen molar-refractivity contribution in [2.24, 2.45) is 0 Å². The second-order valence-corrected chi connectivity index (χ2v) is 5.87. The number of benzene rings is 1. The first kappa shape index (κ1) is 15.8. The molecule has 0 radical (unpaired) electrons. The number of carboxylic acids is 1. The first-order chi connectivity index (χ1) is 9.97. The van der Waals surface area contributed by atoms with E-state index in [1.165, 1.54) is 11.3 Å². The van der Waals surface area contributed by atoms with Crippen LogP contribution in [-0.2, 0) is 4.79 Å². The zero-order chi connectivity index (χ0) is 15.4. The standard InChI is InChI=1S/C16H25N3O2/c1-13(14-4-6-15(7-5-14)17(2)3)19-10-8-18(9-11-19)12-16(20)21/h4-7,13H,8-12H2,1-3H3,(H,20,21). The van der Waals surface area contributed by atoms with Crippen LogP contribution in [0.5, 0.6) is 0 Å². The molecule has 0 aromatic heterocycles. The number of hydrogen-bond donors (Lipinski definition) is 1. The third kappa shape index (κ3) is 4.19. The number of carbonyl (C=O) groups is 1. The summed E-state index contributed by atoms with van der Waals surface area (Å²) in [6.45, 7) is 5.86. The third-order valence-electron chi connectivity index (χ3n) is 4.21. The Morgan fingerprint density at radius 2 is 1.76 bits per heavy atom. The normalized spacial score (nSPS) is 18.4. The van der Waals surface area contributed by atoms with Gasteiger partial charge in [-0.05, 0) is 24.6 Å². The number of piperazine rings is 1. The molecule has 5 heteroatoms. The van der Waals surface area contributed by atoms with Gasteiger partial charge in [0.1, 0.15) is 0 Å². The molecule has 1 N–H and O–H groups in total. The van der Waals surface area contributed by atoms with Crippen molar-refractivity contribution in [3.63, 3.8) is 0 Å². The highest BCUT2D eigenvalue weighted by molar-refractivity contribution is 5.69. The fourth-order valence-electron chi connectivity index (χ4n) is 2.76. The van der Waals surface area contributed by atoms with Crippen LogP contribution in [0.2, 0.25) is 0 Å². The van der Waals surface area contributed by atoms with Crippen molar-refractivity contribution >= 4 is 11.7 Å². The van der Waals surface area contributed by atoms with E-state index in [0.29, 0.717) is 6.04 Å². The fraction of sp³-hybridized carbons (Fsp3) is 0.562. The Kier molecular flexibility index (Phi) is 5.20. The van der Waals surface area contributed by atoms with Crippen LogP contribution in [0.25, 0.3) is 0 Å². The molecule has 1 unspecified atom stereocenters. The van der Waals surface area contributed by atoms with E-state index in [2.05, 4.69) is 41.0 Å². The van der Waals surface area contributed by atoms with Crippen molar-refractivity contribution in [2.75, 3.05) is 51.7 Å². The van der Waals surface area contributed by atoms with Crippen molar-refractivity contribution in [2.45, 2.75) is 13.0 Å². The summed E-state index contributed by atoms with van der Waals surface area (Å²) in [6.07, 6.45) is 0. The maximum absolute atomic E-state index is 10.7. The SMILES string of the molecule is CC(c1ccc(N(C)C)cc1)N1CCN(CC(=O)O)CC1. The number of carboxylic acid groups (broad SMARTS) is 1. The minimum Gasteiger partial charge on any atom is -0.480 e. The van der Waals surface area contributed by atoms with E-state index in [4.69, 9.17) is 5.11 Å². The summed E-state index contributed by atoms with van der Waals surface area (Å²) in [5, 5.41) is 8.83. The Bertz CT molecular complexity index is 465. The molecule has 0 bridgehead atoms. The van der Waals surface area contributed by atoms with E-state index in [-0.39, 0.29) is 6.54 Å². The van der Waals surface area contributed by atoms with Gasteiger partial charge in [0.05, 0.1) is 6.54 Å². The third-order valence-corrected chi connectivity index (χ3v) is 4.21. The van der Waals surface area contributed by atoms with Gasteiger partial charge in [0, 0.05) is 52.0 Å². The summed E-state index contributed by atoms with van der Waals surface area (Å²) in [5.41, 5.74) is 2.52. The monoisotopic (exact) mass is 291 g/mol. The smallest absolute Gasteiger partial charge is 0.317 e. The van der Waals surface area contributed by atoms with Crippen LogP contribution in [0.1, 0.15) is 18.5 Å². The van der Waals surface area contributed by atoms with Crippen LogP contribution in [0.3, 0.4) is 0 Å². The van der Waals surface area contributed by atoms with Gasteiger partial charge in [0.2, 0.25) is 0 Å². The number of anilines is 1. The van der Waals surface area contributed by atoms with E-state index < -0.39 is 5.97 Å². The second kappa shape index (κ2) is 6.91. The van der Waals surface area contributed by atoms with E-state index >= 15 is 0 Å². The van der Waals surface area contributed by atoms with Gasteiger partial charge < -0.3 is 10.0 Å². The van der Waals surface area contributed by atoms with E-state index in [1.807, 2.05) is 19.0 Å². The van der Waals surface area contributed by atoms with Crippen molar-refractivity contribution in [3.8, 4) is 0 Å². The van der Waals surface area contributed by atoms with Crippen LogP contribution in [0.15, 0.2) is 24.3 Å². The summed E-state index contributed by atoms with van der Waals surface area (Å²) in [4.78, 5) is 17.2. The molecule has 0 aliphatic carbocycles. The number of rotatable bonds is 5. The topological polar surface area (TPSA) is 47.0 Å². The zero-order valence-corrected chi connectivity index (χ0v) is 13.1. The summed E-state index contributed by atoms with van der Waals surface area (Å²) in [5.74, 6) is -0.740. The summed E-state index contributed by atoms with van der Waals surface area (Å²) >= 11 is 0. The van der Waals surface area contributed by atoms with Crippen LogP contribution in [0.4, 0.5) is 5.69 Å². The summed E-state index contributed by atoms with van der Waals surface area (Å²) < 4.78 is 0. The van der Waals surface area contributed by atoms with Crippen LogP contribution in [-0.4, -0.2) is 67.7 Å². The number of hydrogen-bond acceptors (Lipinski definition) is 4. The largest absolute Gasteiger partial charge is 0.480 e. The molecular weight excluding hydrogens is 266 g/mol. The van der Waals surface area contributed by atoms with E-state index in [1.54, 1.807) is 0 Å². The lowest BCUT2D eigenvalue weighted by Crippen LogP contribution is -2.48. The quantitative estimate of drug-likeness (QED) is 0.891. The molecule has 1 saturated heterocycles. The van der Waals surface area contributed by atoms with Crippen molar-refractivity contribution in [3.05, 3.63) is 29.8 Å². The number of aliphatic carboxylic acids is 1. The Labute approximate surface area is 126 Å².